The number of anilines is 1. The van der Waals surface area contributed by atoms with Gasteiger partial charge in [0.2, 0.25) is 5.89 Å². The molecule has 0 aliphatic carbocycles. The molecule has 1 aromatic heterocycles. The second-order valence-corrected chi connectivity index (χ2v) is 3.62. The van der Waals surface area contributed by atoms with Crippen LogP contribution in [0.4, 0.5) is 5.69 Å². The fourth-order valence-corrected chi connectivity index (χ4v) is 1.52. The van der Waals surface area contributed by atoms with Crippen molar-refractivity contribution in [2.75, 3.05) is 5.73 Å². The Labute approximate surface area is 93.1 Å². The van der Waals surface area contributed by atoms with Crippen LogP contribution in [0.15, 0.2) is 28.7 Å². The van der Waals surface area contributed by atoms with Crippen LogP contribution in [0.2, 0.25) is 0 Å². The third-order valence-electron chi connectivity index (χ3n) is 2.25. The highest BCUT2D eigenvalue weighted by molar-refractivity contribution is 5.92. The fourth-order valence-electron chi connectivity index (χ4n) is 1.52. The quantitative estimate of drug-likeness (QED) is 0.618. The van der Waals surface area contributed by atoms with Crippen LogP contribution in [-0.4, -0.2) is 10.8 Å². The smallest absolute Gasteiger partial charge is 0.227 e. The van der Waals surface area contributed by atoms with Gasteiger partial charge in [-0.05, 0) is 25.1 Å². The molecule has 2 aromatic rings. The lowest BCUT2D eigenvalue weighted by atomic mass is 10.2. The number of oxazole rings is 1. The fraction of sp³-hybridized carbons (Fsp3) is 0.167. The summed E-state index contributed by atoms with van der Waals surface area (Å²) in [5.41, 5.74) is 7.68. The summed E-state index contributed by atoms with van der Waals surface area (Å²) in [5.74, 6) is 0.604. The molecular weight excluding hydrogens is 204 g/mol. The Morgan fingerprint density at radius 3 is 2.75 bits per heavy atom. The maximum Gasteiger partial charge on any atom is 0.227 e. The second-order valence-electron chi connectivity index (χ2n) is 3.62. The van der Waals surface area contributed by atoms with Gasteiger partial charge in [0, 0.05) is 18.2 Å². The molecule has 1 aromatic carbocycles. The van der Waals surface area contributed by atoms with Gasteiger partial charge in [-0.15, -0.1) is 0 Å². The summed E-state index contributed by atoms with van der Waals surface area (Å²) >= 11 is 0. The van der Waals surface area contributed by atoms with Crippen LogP contribution in [-0.2, 0) is 0 Å². The van der Waals surface area contributed by atoms with E-state index < -0.39 is 0 Å². The van der Waals surface area contributed by atoms with Crippen molar-refractivity contribution in [3.8, 4) is 11.5 Å². The number of aryl methyl sites for hydroxylation is 1. The maximum absolute atomic E-state index is 11.2. The zero-order valence-electron chi connectivity index (χ0n) is 9.15. The molecule has 0 fully saturated rings. The topological polar surface area (TPSA) is 69.1 Å². The predicted molar refractivity (Wildman–Crippen MR) is 61.1 cm³/mol. The van der Waals surface area contributed by atoms with Gasteiger partial charge in [-0.2, -0.15) is 0 Å². The van der Waals surface area contributed by atoms with Gasteiger partial charge in [0.05, 0.1) is 5.69 Å². The van der Waals surface area contributed by atoms with Gasteiger partial charge in [-0.25, -0.2) is 4.98 Å². The molecule has 0 saturated heterocycles. The molecule has 0 amide bonds. The largest absolute Gasteiger partial charge is 0.433 e. The lowest BCUT2D eigenvalue weighted by molar-refractivity contribution is 0.0987. The first-order chi connectivity index (χ1) is 7.58. The lowest BCUT2D eigenvalue weighted by Gasteiger charge is -1.96. The summed E-state index contributed by atoms with van der Waals surface area (Å²) in [6.45, 7) is 3.20. The average Bonchev–Trinajstić information content (AvgIpc) is 2.60. The minimum absolute atomic E-state index is 0.125. The van der Waals surface area contributed by atoms with E-state index in [4.69, 9.17) is 10.2 Å². The highest BCUT2D eigenvalue weighted by Crippen LogP contribution is 2.23. The Balaban J connectivity index is 2.49. The van der Waals surface area contributed by atoms with Crippen LogP contribution < -0.4 is 5.73 Å². The van der Waals surface area contributed by atoms with Gasteiger partial charge < -0.3 is 10.2 Å². The van der Waals surface area contributed by atoms with E-state index in [-0.39, 0.29) is 5.78 Å². The van der Waals surface area contributed by atoms with Crippen LogP contribution in [0, 0.1) is 6.92 Å². The number of rotatable bonds is 2. The van der Waals surface area contributed by atoms with Gasteiger partial charge in [0.1, 0.15) is 0 Å². The predicted octanol–water partition coefficient (Wildman–Crippen LogP) is 2.43. The van der Waals surface area contributed by atoms with Gasteiger partial charge >= 0.3 is 0 Å². The second kappa shape index (κ2) is 3.81. The van der Waals surface area contributed by atoms with E-state index in [1.165, 1.54) is 6.92 Å². The number of hydrogen-bond acceptors (Lipinski definition) is 4. The van der Waals surface area contributed by atoms with Gasteiger partial charge in [0.25, 0.3) is 0 Å². The molecule has 2 rings (SSSR count). The molecule has 2 N–H and O–H groups in total. The van der Waals surface area contributed by atoms with Crippen LogP contribution in [0.5, 0.6) is 0 Å². The minimum atomic E-state index is -0.125. The summed E-state index contributed by atoms with van der Waals surface area (Å²) in [7, 11) is 0. The molecule has 4 heteroatoms. The van der Waals surface area contributed by atoms with Crippen molar-refractivity contribution < 1.29 is 9.21 Å². The maximum atomic E-state index is 11.2. The van der Waals surface area contributed by atoms with Crippen LogP contribution >= 0.6 is 0 Å². The molecule has 0 bridgehead atoms. The molecule has 0 saturated carbocycles. The number of nitrogens with two attached hydrogens (primary N) is 1. The first-order valence-electron chi connectivity index (χ1n) is 4.92. The van der Waals surface area contributed by atoms with Crippen LogP contribution in [0.25, 0.3) is 11.5 Å². The number of ketones is 1. The van der Waals surface area contributed by atoms with Gasteiger partial charge in [0.15, 0.2) is 11.5 Å². The van der Waals surface area contributed by atoms with Gasteiger partial charge in [-0.3, -0.25) is 4.79 Å². The Kier molecular flexibility index (Phi) is 2.48. The van der Waals surface area contributed by atoms with Crippen LogP contribution in [0.1, 0.15) is 23.2 Å². The number of carbonyl (C=O) groups excluding carboxylic acids is 1. The molecule has 0 atom stereocenters. The van der Waals surface area contributed by atoms with E-state index in [1.807, 2.05) is 12.1 Å². The van der Waals surface area contributed by atoms with E-state index in [0.717, 1.165) is 5.56 Å². The number of nitrogen functional groups attached to an aromatic ring is 1. The first kappa shape index (κ1) is 10.4. The Morgan fingerprint density at radius 1 is 1.44 bits per heavy atom. The highest BCUT2D eigenvalue weighted by Gasteiger charge is 2.14. The molecule has 0 unspecified atom stereocenters. The molecular formula is C12H12N2O2. The molecule has 0 spiro atoms. The van der Waals surface area contributed by atoms with Crippen molar-refractivity contribution in [3.63, 3.8) is 0 Å². The SMILES string of the molecule is CC(=O)c1oc(-c2cccc(N)c2)nc1C. The van der Waals surface area contributed by atoms with E-state index in [2.05, 4.69) is 4.98 Å². The van der Waals surface area contributed by atoms with Crippen molar-refractivity contribution >= 4 is 11.5 Å². The number of Topliss-reactive ketones (excluding diaryl/α,β-unsaturated/α-hetero) is 1. The summed E-state index contributed by atoms with van der Waals surface area (Å²) in [4.78, 5) is 15.4. The lowest BCUT2D eigenvalue weighted by Crippen LogP contribution is -1.90. The normalized spacial score (nSPS) is 10.4. The molecule has 4 nitrogen and oxygen atoms in total. The standard InChI is InChI=1S/C12H12N2O2/c1-7-11(8(2)15)16-12(14-7)9-4-3-5-10(13)6-9/h3-6H,13H2,1-2H3. The number of hydrogen-bond donors (Lipinski definition) is 1. The zero-order chi connectivity index (χ0) is 11.7. The number of nitrogens with zero attached hydrogens (tertiary/aromatic N) is 1. The zero-order valence-corrected chi connectivity index (χ0v) is 9.15. The molecule has 82 valence electrons. The van der Waals surface area contributed by atoms with E-state index >= 15 is 0 Å². The van der Waals surface area contributed by atoms with E-state index in [0.29, 0.717) is 23.0 Å². The molecule has 0 aliphatic rings. The molecule has 16 heavy (non-hydrogen) atoms. The van der Waals surface area contributed by atoms with Crippen molar-refractivity contribution in [3.05, 3.63) is 35.7 Å². The van der Waals surface area contributed by atoms with Gasteiger partial charge in [-0.1, -0.05) is 6.07 Å². The Morgan fingerprint density at radius 2 is 2.19 bits per heavy atom. The monoisotopic (exact) mass is 216 g/mol. The highest BCUT2D eigenvalue weighted by atomic mass is 16.4. The van der Waals surface area contributed by atoms with Crippen molar-refractivity contribution in [2.45, 2.75) is 13.8 Å². The van der Waals surface area contributed by atoms with E-state index in [1.54, 1.807) is 19.1 Å². The Bertz CT molecular complexity index is 544. The van der Waals surface area contributed by atoms with Crippen molar-refractivity contribution in [1.29, 1.82) is 0 Å². The summed E-state index contributed by atoms with van der Waals surface area (Å²) in [5, 5.41) is 0. The molecule has 1 heterocycles. The first-order valence-corrected chi connectivity index (χ1v) is 4.92. The number of carbonyl (C=O) groups is 1. The summed E-state index contributed by atoms with van der Waals surface area (Å²) in [6.07, 6.45) is 0. The molecule has 0 aliphatic heterocycles. The third kappa shape index (κ3) is 1.82. The molecule has 0 radical (unpaired) electrons. The minimum Gasteiger partial charge on any atom is -0.433 e. The van der Waals surface area contributed by atoms with Crippen LogP contribution in [0.3, 0.4) is 0 Å². The Hall–Kier alpha value is -2.10. The van der Waals surface area contributed by atoms with Crippen molar-refractivity contribution in [2.24, 2.45) is 0 Å². The summed E-state index contributed by atoms with van der Waals surface area (Å²) < 4.78 is 5.40. The average molecular weight is 216 g/mol. The van der Waals surface area contributed by atoms with Crippen molar-refractivity contribution in [1.82, 2.24) is 4.98 Å². The van der Waals surface area contributed by atoms with E-state index in [9.17, 15) is 4.79 Å². The number of aromatic nitrogens is 1. The summed E-state index contributed by atoms with van der Waals surface area (Å²) in [6, 6.07) is 7.20. The number of benzene rings is 1. The third-order valence-corrected chi connectivity index (χ3v) is 2.25.